The Hall–Kier alpha value is -1.41. The van der Waals surface area contributed by atoms with Crippen LogP contribution in [-0.2, 0) is 6.54 Å². The number of rotatable bonds is 5. The van der Waals surface area contributed by atoms with Crippen LogP contribution in [0.15, 0.2) is 30.3 Å². The summed E-state index contributed by atoms with van der Waals surface area (Å²) in [4.78, 5) is 4.56. The first-order valence-corrected chi connectivity index (χ1v) is 7.82. The van der Waals surface area contributed by atoms with Crippen molar-refractivity contribution in [3.05, 3.63) is 41.6 Å². The molecule has 1 heterocycles. The molecule has 0 radical (unpaired) electrons. The van der Waals surface area contributed by atoms with E-state index in [1.54, 1.807) is 0 Å². The smallest absolute Gasteiger partial charge is 0.0705 e. The standard InChI is InChI=1S/C18H22N2/c1-13-2-4-15-10-14(3-7-17(15)20-13)11-19-12-18(8-9-18)16-5-6-16/h2-4,7,10,16,19H,5-6,8-9,11-12H2,1H3. The van der Waals surface area contributed by atoms with E-state index in [9.17, 15) is 0 Å². The molecule has 0 aliphatic heterocycles. The molecule has 2 heteroatoms. The van der Waals surface area contributed by atoms with Crippen molar-refractivity contribution in [2.24, 2.45) is 11.3 Å². The van der Waals surface area contributed by atoms with Crippen LogP contribution in [0.25, 0.3) is 10.9 Å². The van der Waals surface area contributed by atoms with Gasteiger partial charge >= 0.3 is 0 Å². The number of nitrogens with one attached hydrogen (secondary N) is 1. The Bertz CT molecular complexity index is 639. The van der Waals surface area contributed by atoms with Gasteiger partial charge in [0.1, 0.15) is 0 Å². The van der Waals surface area contributed by atoms with E-state index in [0.717, 1.165) is 23.7 Å². The van der Waals surface area contributed by atoms with Gasteiger partial charge in [0.05, 0.1) is 5.52 Å². The molecule has 2 fully saturated rings. The summed E-state index contributed by atoms with van der Waals surface area (Å²) in [6, 6.07) is 10.9. The number of hydrogen-bond donors (Lipinski definition) is 1. The van der Waals surface area contributed by atoms with E-state index < -0.39 is 0 Å². The Labute approximate surface area is 120 Å². The van der Waals surface area contributed by atoms with Gasteiger partial charge in [0.15, 0.2) is 0 Å². The Balaban J connectivity index is 1.42. The maximum Gasteiger partial charge on any atom is 0.0705 e. The predicted octanol–water partition coefficient (Wildman–Crippen LogP) is 3.82. The first-order valence-electron chi connectivity index (χ1n) is 7.82. The first-order chi connectivity index (χ1) is 9.75. The SMILES string of the molecule is Cc1ccc2cc(CNCC3(C4CC4)CC3)ccc2n1. The van der Waals surface area contributed by atoms with Crippen LogP contribution in [-0.4, -0.2) is 11.5 Å². The zero-order chi connectivity index (χ0) is 13.6. The molecular weight excluding hydrogens is 244 g/mol. The third-order valence-corrected chi connectivity index (χ3v) is 5.03. The lowest BCUT2D eigenvalue weighted by molar-refractivity contribution is 0.403. The number of aryl methyl sites for hydroxylation is 1. The fourth-order valence-corrected chi connectivity index (χ4v) is 3.43. The highest BCUT2D eigenvalue weighted by molar-refractivity contribution is 5.79. The van der Waals surface area contributed by atoms with Crippen molar-refractivity contribution in [3.63, 3.8) is 0 Å². The summed E-state index contributed by atoms with van der Waals surface area (Å²) in [7, 11) is 0. The van der Waals surface area contributed by atoms with Gasteiger partial charge in [-0.15, -0.1) is 0 Å². The summed E-state index contributed by atoms with van der Waals surface area (Å²) >= 11 is 0. The van der Waals surface area contributed by atoms with Crippen molar-refractivity contribution in [1.82, 2.24) is 10.3 Å². The van der Waals surface area contributed by atoms with Crippen LogP contribution in [0.2, 0.25) is 0 Å². The summed E-state index contributed by atoms with van der Waals surface area (Å²) in [5, 5.41) is 4.93. The Morgan fingerprint density at radius 2 is 2.05 bits per heavy atom. The van der Waals surface area contributed by atoms with Gasteiger partial charge in [-0.3, -0.25) is 4.98 Å². The van der Waals surface area contributed by atoms with E-state index >= 15 is 0 Å². The van der Waals surface area contributed by atoms with E-state index in [4.69, 9.17) is 0 Å². The van der Waals surface area contributed by atoms with Gasteiger partial charge < -0.3 is 5.32 Å². The lowest BCUT2D eigenvalue weighted by atomic mass is 10.0. The topological polar surface area (TPSA) is 24.9 Å². The number of aromatic nitrogens is 1. The molecule has 2 saturated carbocycles. The largest absolute Gasteiger partial charge is 0.312 e. The third kappa shape index (κ3) is 2.33. The van der Waals surface area contributed by atoms with Crippen LogP contribution in [0.4, 0.5) is 0 Å². The highest BCUT2D eigenvalue weighted by Crippen LogP contribution is 2.60. The van der Waals surface area contributed by atoms with Crippen molar-refractivity contribution < 1.29 is 0 Å². The van der Waals surface area contributed by atoms with Gasteiger partial charge in [0.25, 0.3) is 0 Å². The van der Waals surface area contributed by atoms with Gasteiger partial charge in [-0.2, -0.15) is 0 Å². The van der Waals surface area contributed by atoms with Gasteiger partial charge in [0.2, 0.25) is 0 Å². The van der Waals surface area contributed by atoms with Crippen LogP contribution in [0.5, 0.6) is 0 Å². The highest BCUT2D eigenvalue weighted by Gasteiger charge is 2.53. The second kappa shape index (κ2) is 4.56. The molecule has 2 nitrogen and oxygen atoms in total. The van der Waals surface area contributed by atoms with Crippen LogP contribution >= 0.6 is 0 Å². The van der Waals surface area contributed by atoms with Crippen molar-refractivity contribution in [2.75, 3.05) is 6.54 Å². The molecule has 4 rings (SSSR count). The number of pyridine rings is 1. The average molecular weight is 266 g/mol. The molecular formula is C18H22N2. The summed E-state index contributed by atoms with van der Waals surface area (Å²) in [5.41, 5.74) is 4.25. The van der Waals surface area contributed by atoms with Crippen molar-refractivity contribution >= 4 is 10.9 Å². The summed E-state index contributed by atoms with van der Waals surface area (Å²) in [6.45, 7) is 4.24. The van der Waals surface area contributed by atoms with E-state index in [-0.39, 0.29) is 0 Å². The van der Waals surface area contributed by atoms with Gasteiger partial charge in [-0.05, 0) is 67.7 Å². The minimum atomic E-state index is 0.690. The van der Waals surface area contributed by atoms with E-state index in [1.807, 2.05) is 6.92 Å². The summed E-state index contributed by atoms with van der Waals surface area (Å²) in [5.74, 6) is 1.04. The van der Waals surface area contributed by atoms with Crippen molar-refractivity contribution in [2.45, 2.75) is 39.2 Å². The van der Waals surface area contributed by atoms with E-state index in [1.165, 1.54) is 43.2 Å². The highest BCUT2D eigenvalue weighted by atomic mass is 14.9. The number of hydrogen-bond acceptors (Lipinski definition) is 2. The molecule has 0 bridgehead atoms. The Morgan fingerprint density at radius 1 is 1.20 bits per heavy atom. The molecule has 20 heavy (non-hydrogen) atoms. The van der Waals surface area contributed by atoms with Gasteiger partial charge in [0, 0.05) is 24.2 Å². The van der Waals surface area contributed by atoms with Crippen LogP contribution in [0, 0.1) is 18.3 Å². The molecule has 104 valence electrons. The lowest BCUT2D eigenvalue weighted by Gasteiger charge is -2.15. The maximum absolute atomic E-state index is 4.56. The summed E-state index contributed by atoms with van der Waals surface area (Å²) in [6.07, 6.45) is 5.85. The molecule has 0 saturated heterocycles. The molecule has 2 aliphatic rings. The molecule has 0 spiro atoms. The quantitative estimate of drug-likeness (QED) is 0.890. The van der Waals surface area contributed by atoms with Gasteiger partial charge in [-0.1, -0.05) is 12.1 Å². The second-order valence-electron chi connectivity index (χ2n) is 6.72. The zero-order valence-electron chi connectivity index (χ0n) is 12.2. The summed E-state index contributed by atoms with van der Waals surface area (Å²) < 4.78 is 0. The number of nitrogens with zero attached hydrogens (tertiary/aromatic N) is 1. The number of fused-ring (bicyclic) bond motifs is 1. The Kier molecular flexibility index (Phi) is 2.81. The maximum atomic E-state index is 4.56. The predicted molar refractivity (Wildman–Crippen MR) is 82.6 cm³/mol. The van der Waals surface area contributed by atoms with E-state index in [2.05, 4.69) is 40.6 Å². The van der Waals surface area contributed by atoms with Crippen molar-refractivity contribution in [3.8, 4) is 0 Å². The van der Waals surface area contributed by atoms with Crippen LogP contribution in [0.3, 0.4) is 0 Å². The molecule has 1 aromatic heterocycles. The lowest BCUT2D eigenvalue weighted by Crippen LogP contribution is -2.24. The average Bonchev–Trinajstić information content (AvgIpc) is 3.32. The molecule has 0 amide bonds. The van der Waals surface area contributed by atoms with Crippen LogP contribution in [0.1, 0.15) is 36.9 Å². The second-order valence-corrected chi connectivity index (χ2v) is 6.72. The fraction of sp³-hybridized carbons (Fsp3) is 0.500. The first kappa shape index (κ1) is 12.3. The number of benzene rings is 1. The zero-order valence-corrected chi connectivity index (χ0v) is 12.2. The monoisotopic (exact) mass is 266 g/mol. The molecule has 2 aromatic rings. The van der Waals surface area contributed by atoms with E-state index in [0.29, 0.717) is 5.41 Å². The van der Waals surface area contributed by atoms with Crippen LogP contribution < -0.4 is 5.32 Å². The molecule has 1 N–H and O–H groups in total. The van der Waals surface area contributed by atoms with Gasteiger partial charge in [-0.25, -0.2) is 0 Å². The minimum absolute atomic E-state index is 0.690. The van der Waals surface area contributed by atoms with Crippen molar-refractivity contribution in [1.29, 1.82) is 0 Å². The molecule has 1 aromatic carbocycles. The third-order valence-electron chi connectivity index (χ3n) is 5.03. The molecule has 0 atom stereocenters. The molecule has 0 unspecified atom stereocenters. The minimum Gasteiger partial charge on any atom is -0.312 e. The Morgan fingerprint density at radius 3 is 2.80 bits per heavy atom. The fourth-order valence-electron chi connectivity index (χ4n) is 3.43. The normalized spacial score (nSPS) is 20.2. The molecule has 2 aliphatic carbocycles.